The largest absolute Gasteiger partial charge is 0.375 e. The highest BCUT2D eigenvalue weighted by Gasteiger charge is 2.40. The fourth-order valence-corrected chi connectivity index (χ4v) is 5.79. The summed E-state index contributed by atoms with van der Waals surface area (Å²) in [5.74, 6) is 1.58. The van der Waals surface area contributed by atoms with E-state index in [1.165, 1.54) is 38.4 Å². The van der Waals surface area contributed by atoms with Crippen LogP contribution in [0.25, 0.3) is 0 Å². The number of hydrogen-bond acceptors (Lipinski definition) is 4. The Kier molecular flexibility index (Phi) is 7.79. The first-order chi connectivity index (χ1) is 13.4. The molecule has 3 fully saturated rings. The van der Waals surface area contributed by atoms with E-state index in [0.29, 0.717) is 24.8 Å². The van der Waals surface area contributed by atoms with Gasteiger partial charge in [-0.1, -0.05) is 32.1 Å². The molecule has 28 heavy (non-hydrogen) atoms. The lowest BCUT2D eigenvalue weighted by atomic mass is 9.78. The molecule has 2 saturated heterocycles. The summed E-state index contributed by atoms with van der Waals surface area (Å²) in [6.07, 6.45) is 14.3. The van der Waals surface area contributed by atoms with Crippen LogP contribution >= 0.6 is 0 Å². The molecular formula is C21H38N2O4S. The van der Waals surface area contributed by atoms with Crippen molar-refractivity contribution in [3.05, 3.63) is 0 Å². The molecule has 1 atom stereocenters. The van der Waals surface area contributed by atoms with Gasteiger partial charge in [0, 0.05) is 32.7 Å². The molecule has 2 aliphatic heterocycles. The lowest BCUT2D eigenvalue weighted by Crippen LogP contribution is -2.51. The number of likely N-dealkylation sites (tertiary alicyclic amines) is 1. The smallest absolute Gasteiger partial charge is 0.222 e. The zero-order chi connectivity index (χ0) is 20.0. The van der Waals surface area contributed by atoms with Crippen molar-refractivity contribution in [3.63, 3.8) is 0 Å². The van der Waals surface area contributed by atoms with Crippen molar-refractivity contribution < 1.29 is 17.9 Å². The zero-order valence-electron chi connectivity index (χ0n) is 17.5. The fraction of sp³-hybridized carbons (Fsp3) is 0.952. The first-order valence-electron chi connectivity index (χ1n) is 11.2. The minimum absolute atomic E-state index is 0.103. The second kappa shape index (κ2) is 9.90. The molecule has 0 aromatic heterocycles. The van der Waals surface area contributed by atoms with Gasteiger partial charge in [0.25, 0.3) is 0 Å². The Labute approximate surface area is 170 Å². The number of sulfonamides is 1. The highest BCUT2D eigenvalue weighted by molar-refractivity contribution is 7.88. The number of carbonyl (C=O) groups excluding carboxylic acids is 1. The Morgan fingerprint density at radius 1 is 1.07 bits per heavy atom. The lowest BCUT2D eigenvalue weighted by molar-refractivity contribution is -0.147. The van der Waals surface area contributed by atoms with E-state index in [1.807, 2.05) is 4.90 Å². The van der Waals surface area contributed by atoms with Crippen LogP contribution in [0.4, 0.5) is 0 Å². The Hall–Kier alpha value is -0.660. The molecule has 0 bridgehead atoms. The van der Waals surface area contributed by atoms with Crippen LogP contribution in [0.2, 0.25) is 0 Å². The molecule has 6 nitrogen and oxygen atoms in total. The van der Waals surface area contributed by atoms with Gasteiger partial charge < -0.3 is 9.64 Å². The minimum Gasteiger partial charge on any atom is -0.375 e. The summed E-state index contributed by atoms with van der Waals surface area (Å²) in [6, 6.07) is 0. The van der Waals surface area contributed by atoms with Gasteiger partial charge in [-0.25, -0.2) is 13.1 Å². The van der Waals surface area contributed by atoms with Crippen LogP contribution in [0.1, 0.15) is 77.0 Å². The first-order valence-corrected chi connectivity index (χ1v) is 13.1. The normalized spacial score (nSPS) is 26.5. The summed E-state index contributed by atoms with van der Waals surface area (Å²) in [4.78, 5) is 14.7. The number of nitrogens with one attached hydrogen (secondary N) is 1. The Balaban J connectivity index is 1.39. The quantitative estimate of drug-likeness (QED) is 0.695. The third-order valence-corrected chi connectivity index (χ3v) is 7.76. The van der Waals surface area contributed by atoms with Gasteiger partial charge in [-0.15, -0.1) is 0 Å². The topological polar surface area (TPSA) is 75.7 Å². The van der Waals surface area contributed by atoms with Gasteiger partial charge in [0.05, 0.1) is 11.9 Å². The number of rotatable bonds is 7. The van der Waals surface area contributed by atoms with Crippen LogP contribution in [0.3, 0.4) is 0 Å². The van der Waals surface area contributed by atoms with E-state index in [2.05, 4.69) is 4.72 Å². The molecule has 3 aliphatic rings. The molecule has 0 aromatic rings. The number of ether oxygens (including phenoxy) is 1. The average molecular weight is 415 g/mol. The van der Waals surface area contributed by atoms with E-state index in [9.17, 15) is 13.2 Å². The highest BCUT2D eigenvalue weighted by Crippen LogP contribution is 2.39. The molecule has 1 spiro atoms. The fourth-order valence-electron chi connectivity index (χ4n) is 5.30. The molecule has 1 amide bonds. The molecule has 7 heteroatoms. The van der Waals surface area contributed by atoms with Crippen molar-refractivity contribution in [1.82, 2.24) is 9.62 Å². The zero-order valence-corrected chi connectivity index (χ0v) is 18.3. The lowest BCUT2D eigenvalue weighted by Gasteiger charge is -2.46. The molecule has 2 heterocycles. The maximum atomic E-state index is 12.6. The van der Waals surface area contributed by atoms with Crippen molar-refractivity contribution in [3.8, 4) is 0 Å². The summed E-state index contributed by atoms with van der Waals surface area (Å²) in [5.41, 5.74) is -0.103. The van der Waals surface area contributed by atoms with Crippen LogP contribution in [0.5, 0.6) is 0 Å². The van der Waals surface area contributed by atoms with Gasteiger partial charge in [0.1, 0.15) is 0 Å². The molecular weight excluding hydrogens is 376 g/mol. The highest BCUT2D eigenvalue weighted by atomic mass is 32.2. The maximum Gasteiger partial charge on any atom is 0.222 e. The van der Waals surface area contributed by atoms with E-state index < -0.39 is 10.0 Å². The predicted octanol–water partition coefficient (Wildman–Crippen LogP) is 3.07. The number of nitrogens with zero attached hydrogens (tertiary/aromatic N) is 1. The minimum atomic E-state index is -3.11. The second-order valence-electron chi connectivity index (χ2n) is 9.27. The van der Waals surface area contributed by atoms with Gasteiger partial charge in [0.2, 0.25) is 15.9 Å². The summed E-state index contributed by atoms with van der Waals surface area (Å²) in [7, 11) is -3.11. The number of piperidine rings is 1. The van der Waals surface area contributed by atoms with E-state index in [-0.39, 0.29) is 5.60 Å². The van der Waals surface area contributed by atoms with Crippen LogP contribution in [0, 0.1) is 11.8 Å². The molecule has 1 unspecified atom stereocenters. The van der Waals surface area contributed by atoms with Gasteiger partial charge in [0.15, 0.2) is 0 Å². The first kappa shape index (κ1) is 22.0. The summed E-state index contributed by atoms with van der Waals surface area (Å²) in [6.45, 7) is 2.86. The third-order valence-electron chi connectivity index (χ3n) is 7.03. The number of carbonyl (C=O) groups is 1. The predicted molar refractivity (Wildman–Crippen MR) is 110 cm³/mol. The molecule has 0 aromatic carbocycles. The van der Waals surface area contributed by atoms with Crippen molar-refractivity contribution >= 4 is 15.9 Å². The average Bonchev–Trinajstić information content (AvgIpc) is 2.67. The van der Waals surface area contributed by atoms with E-state index in [0.717, 1.165) is 64.1 Å². The van der Waals surface area contributed by atoms with E-state index >= 15 is 0 Å². The van der Waals surface area contributed by atoms with E-state index in [4.69, 9.17) is 4.74 Å². The number of amides is 1. The van der Waals surface area contributed by atoms with Crippen LogP contribution in [0.15, 0.2) is 0 Å². The van der Waals surface area contributed by atoms with E-state index in [1.54, 1.807) is 0 Å². The van der Waals surface area contributed by atoms with Crippen LogP contribution in [-0.4, -0.2) is 57.3 Å². The Morgan fingerprint density at radius 2 is 1.79 bits per heavy atom. The monoisotopic (exact) mass is 414 g/mol. The standard InChI is InChI=1S/C21H38N2O4S/c1-28(25,26)22-13-9-19-10-16-27-21(17-19)11-14-23(15-12-21)20(24)8-7-18-5-3-2-4-6-18/h18-19,22H,2-17H2,1H3. The van der Waals surface area contributed by atoms with Crippen molar-refractivity contribution in [2.75, 3.05) is 32.5 Å². The second-order valence-corrected chi connectivity index (χ2v) is 11.1. The van der Waals surface area contributed by atoms with Crippen molar-refractivity contribution in [2.24, 2.45) is 11.8 Å². The molecule has 162 valence electrons. The van der Waals surface area contributed by atoms with Gasteiger partial charge in [-0.3, -0.25) is 4.79 Å². The molecule has 3 rings (SSSR count). The molecule has 1 aliphatic carbocycles. The van der Waals surface area contributed by atoms with Gasteiger partial charge in [-0.2, -0.15) is 0 Å². The third kappa shape index (κ3) is 6.70. The molecule has 1 saturated carbocycles. The Morgan fingerprint density at radius 3 is 2.46 bits per heavy atom. The van der Waals surface area contributed by atoms with Gasteiger partial charge in [-0.05, 0) is 50.4 Å². The van der Waals surface area contributed by atoms with Gasteiger partial charge >= 0.3 is 0 Å². The molecule has 1 N–H and O–H groups in total. The molecule has 0 radical (unpaired) electrons. The van der Waals surface area contributed by atoms with Crippen molar-refractivity contribution in [2.45, 2.75) is 82.7 Å². The summed E-state index contributed by atoms with van der Waals surface area (Å²) in [5, 5.41) is 0. The SMILES string of the molecule is CS(=O)(=O)NCCC1CCOC2(CCN(C(=O)CCC3CCCCC3)CC2)C1. The maximum absolute atomic E-state index is 12.6. The van der Waals surface area contributed by atoms with Crippen LogP contribution < -0.4 is 4.72 Å². The summed E-state index contributed by atoms with van der Waals surface area (Å²) < 4.78 is 31.3. The number of hydrogen-bond donors (Lipinski definition) is 1. The summed E-state index contributed by atoms with van der Waals surface area (Å²) >= 11 is 0. The van der Waals surface area contributed by atoms with Crippen LogP contribution in [-0.2, 0) is 19.6 Å². The van der Waals surface area contributed by atoms with Crippen molar-refractivity contribution in [1.29, 1.82) is 0 Å². The Bertz CT molecular complexity index is 608.